The van der Waals surface area contributed by atoms with Crippen LogP contribution in [0.25, 0.3) is 22.3 Å². The average Bonchev–Trinajstić information content (AvgIpc) is 2.50. The van der Waals surface area contributed by atoms with Gasteiger partial charge in [-0.25, -0.2) is 4.98 Å². The first-order chi connectivity index (χ1) is 10.6. The number of aromatic amines is 1. The van der Waals surface area contributed by atoms with E-state index in [9.17, 15) is 4.79 Å². The Labute approximate surface area is 126 Å². The third-order valence-electron chi connectivity index (χ3n) is 3.35. The quantitative estimate of drug-likeness (QED) is 0.642. The van der Waals surface area contributed by atoms with E-state index in [1.54, 1.807) is 6.07 Å². The molecule has 5 N–H and O–H groups in total. The Morgan fingerprint density at radius 1 is 1.18 bits per heavy atom. The molecule has 0 bridgehead atoms. The number of nitrogen functional groups attached to an aromatic ring is 2. The molecule has 0 aliphatic carbocycles. The fourth-order valence-electron chi connectivity index (χ4n) is 2.29. The largest absolute Gasteiger partial charge is 0.493 e. The first-order valence-electron chi connectivity index (χ1n) is 6.91. The molecule has 6 nitrogen and oxygen atoms in total. The molecule has 0 atom stereocenters. The fourth-order valence-corrected chi connectivity index (χ4v) is 2.29. The average molecular weight is 296 g/mol. The van der Waals surface area contributed by atoms with E-state index in [4.69, 9.17) is 16.2 Å². The van der Waals surface area contributed by atoms with Gasteiger partial charge in [0.05, 0.1) is 34.4 Å². The smallest absolute Gasteiger partial charge is 0.259 e. The molecule has 0 fully saturated rings. The molecule has 0 amide bonds. The topological polar surface area (TPSA) is 107 Å². The second-order valence-electron chi connectivity index (χ2n) is 4.84. The summed E-state index contributed by atoms with van der Waals surface area (Å²) in [6.07, 6.45) is 0. The number of benzene rings is 2. The summed E-state index contributed by atoms with van der Waals surface area (Å²) in [7, 11) is 0. The van der Waals surface area contributed by atoms with Crippen molar-refractivity contribution in [3.63, 3.8) is 0 Å². The van der Waals surface area contributed by atoms with Crippen molar-refractivity contribution in [2.24, 2.45) is 0 Å². The minimum absolute atomic E-state index is 0.266. The van der Waals surface area contributed by atoms with Gasteiger partial charge >= 0.3 is 0 Å². The van der Waals surface area contributed by atoms with Crippen molar-refractivity contribution >= 4 is 22.3 Å². The van der Waals surface area contributed by atoms with Crippen LogP contribution in [-0.2, 0) is 0 Å². The Morgan fingerprint density at radius 3 is 2.68 bits per heavy atom. The molecule has 112 valence electrons. The van der Waals surface area contributed by atoms with Crippen molar-refractivity contribution in [2.45, 2.75) is 6.92 Å². The lowest BCUT2D eigenvalue weighted by Crippen LogP contribution is -2.11. The van der Waals surface area contributed by atoms with Crippen LogP contribution in [0.15, 0.2) is 41.2 Å². The van der Waals surface area contributed by atoms with Gasteiger partial charge in [-0.05, 0) is 31.2 Å². The third kappa shape index (κ3) is 2.35. The van der Waals surface area contributed by atoms with E-state index >= 15 is 0 Å². The second-order valence-corrected chi connectivity index (χ2v) is 4.84. The lowest BCUT2D eigenvalue weighted by Gasteiger charge is -2.10. The summed E-state index contributed by atoms with van der Waals surface area (Å²) >= 11 is 0. The van der Waals surface area contributed by atoms with Crippen LogP contribution < -0.4 is 21.8 Å². The lowest BCUT2D eigenvalue weighted by molar-refractivity contribution is 0.341. The summed E-state index contributed by atoms with van der Waals surface area (Å²) in [5.74, 6) is 1.10. The Hall–Kier alpha value is -3.02. The van der Waals surface area contributed by atoms with Gasteiger partial charge < -0.3 is 21.2 Å². The summed E-state index contributed by atoms with van der Waals surface area (Å²) in [5.41, 5.74) is 13.3. The molecule has 3 rings (SSSR count). The maximum atomic E-state index is 12.3. The molecule has 3 aromatic rings. The fraction of sp³-hybridized carbons (Fsp3) is 0.125. The van der Waals surface area contributed by atoms with Gasteiger partial charge in [0, 0.05) is 0 Å². The monoisotopic (exact) mass is 296 g/mol. The number of aromatic nitrogens is 2. The zero-order valence-corrected chi connectivity index (χ0v) is 12.1. The molecule has 1 aromatic heterocycles. The molecule has 0 spiro atoms. The summed E-state index contributed by atoms with van der Waals surface area (Å²) in [6.45, 7) is 2.43. The lowest BCUT2D eigenvalue weighted by atomic mass is 10.1. The van der Waals surface area contributed by atoms with Crippen LogP contribution in [-0.4, -0.2) is 16.6 Å². The van der Waals surface area contributed by atoms with Gasteiger partial charge in [-0.2, -0.15) is 0 Å². The third-order valence-corrected chi connectivity index (χ3v) is 3.35. The van der Waals surface area contributed by atoms with Crippen LogP contribution >= 0.6 is 0 Å². The van der Waals surface area contributed by atoms with Gasteiger partial charge in [-0.15, -0.1) is 0 Å². The van der Waals surface area contributed by atoms with E-state index < -0.39 is 0 Å². The van der Waals surface area contributed by atoms with Gasteiger partial charge in [-0.3, -0.25) is 4.79 Å². The maximum absolute atomic E-state index is 12.3. The highest BCUT2D eigenvalue weighted by molar-refractivity contribution is 5.88. The summed E-state index contributed by atoms with van der Waals surface area (Å²) in [6, 6.07) is 10.5. The van der Waals surface area contributed by atoms with E-state index in [-0.39, 0.29) is 5.56 Å². The van der Waals surface area contributed by atoms with E-state index in [1.807, 2.05) is 31.2 Å². The van der Waals surface area contributed by atoms with Crippen LogP contribution in [0.1, 0.15) is 6.92 Å². The molecule has 0 saturated heterocycles. The number of anilines is 2. The molecule has 0 radical (unpaired) electrons. The van der Waals surface area contributed by atoms with Crippen LogP contribution in [0.4, 0.5) is 11.4 Å². The SMILES string of the molecule is CCOc1ccccc1-c1nc2cc(N)c(N)cc2c(=O)[nH]1. The number of rotatable bonds is 3. The van der Waals surface area contributed by atoms with E-state index in [0.29, 0.717) is 40.5 Å². The standard InChI is InChI=1S/C16H16N4O2/c1-2-22-14-6-4-3-5-9(14)15-19-13-8-12(18)11(17)7-10(13)16(21)20-15/h3-8H,2,17-18H2,1H3,(H,19,20,21). The summed E-state index contributed by atoms with van der Waals surface area (Å²) < 4.78 is 5.58. The number of H-pyrrole nitrogens is 1. The predicted octanol–water partition coefficient (Wildman–Crippen LogP) is 2.15. The van der Waals surface area contributed by atoms with Crippen LogP contribution in [0.3, 0.4) is 0 Å². The predicted molar refractivity (Wildman–Crippen MR) is 87.8 cm³/mol. The number of nitrogens with zero attached hydrogens (tertiary/aromatic N) is 1. The molecular weight excluding hydrogens is 280 g/mol. The molecule has 0 saturated carbocycles. The highest BCUT2D eigenvalue weighted by Gasteiger charge is 2.11. The van der Waals surface area contributed by atoms with Crippen molar-refractivity contribution in [3.05, 3.63) is 46.8 Å². The number of nitrogens with two attached hydrogens (primary N) is 2. The zero-order chi connectivity index (χ0) is 15.7. The molecule has 0 aliphatic heterocycles. The van der Waals surface area contributed by atoms with E-state index in [1.165, 1.54) is 6.07 Å². The van der Waals surface area contributed by atoms with Crippen molar-refractivity contribution in [1.29, 1.82) is 0 Å². The minimum atomic E-state index is -0.266. The Kier molecular flexibility index (Phi) is 3.42. The van der Waals surface area contributed by atoms with Gasteiger partial charge in [0.25, 0.3) is 5.56 Å². The molecule has 0 aliphatic rings. The Balaban J connectivity index is 2.25. The van der Waals surface area contributed by atoms with E-state index in [2.05, 4.69) is 9.97 Å². The highest BCUT2D eigenvalue weighted by atomic mass is 16.5. The highest BCUT2D eigenvalue weighted by Crippen LogP contribution is 2.28. The van der Waals surface area contributed by atoms with Gasteiger partial charge in [0.15, 0.2) is 0 Å². The molecule has 0 unspecified atom stereocenters. The molecule has 2 aromatic carbocycles. The maximum Gasteiger partial charge on any atom is 0.259 e. The molecule has 6 heteroatoms. The summed E-state index contributed by atoms with van der Waals surface area (Å²) in [5, 5.41) is 0.407. The van der Waals surface area contributed by atoms with Crippen molar-refractivity contribution in [3.8, 4) is 17.1 Å². The Bertz CT molecular complexity index is 902. The first-order valence-corrected chi connectivity index (χ1v) is 6.91. The summed E-state index contributed by atoms with van der Waals surface area (Å²) in [4.78, 5) is 19.5. The molecule has 1 heterocycles. The zero-order valence-electron chi connectivity index (χ0n) is 12.1. The van der Waals surface area contributed by atoms with Gasteiger partial charge in [-0.1, -0.05) is 12.1 Å². The van der Waals surface area contributed by atoms with Crippen LogP contribution in [0, 0.1) is 0 Å². The molecular formula is C16H16N4O2. The first kappa shape index (κ1) is 13.9. The number of ether oxygens (including phenoxy) is 1. The van der Waals surface area contributed by atoms with Crippen LogP contribution in [0.5, 0.6) is 5.75 Å². The normalized spacial score (nSPS) is 10.8. The van der Waals surface area contributed by atoms with Crippen molar-refractivity contribution in [1.82, 2.24) is 9.97 Å². The van der Waals surface area contributed by atoms with E-state index in [0.717, 1.165) is 5.56 Å². The number of hydrogen-bond donors (Lipinski definition) is 3. The second kappa shape index (κ2) is 5.40. The number of fused-ring (bicyclic) bond motifs is 1. The Morgan fingerprint density at radius 2 is 1.91 bits per heavy atom. The van der Waals surface area contributed by atoms with Gasteiger partial charge in [0.1, 0.15) is 11.6 Å². The van der Waals surface area contributed by atoms with Crippen LogP contribution in [0.2, 0.25) is 0 Å². The number of nitrogens with one attached hydrogen (secondary N) is 1. The van der Waals surface area contributed by atoms with Crippen molar-refractivity contribution in [2.75, 3.05) is 18.1 Å². The van der Waals surface area contributed by atoms with Crippen molar-refractivity contribution < 1.29 is 4.74 Å². The number of para-hydroxylation sites is 1. The van der Waals surface area contributed by atoms with Gasteiger partial charge in [0.2, 0.25) is 0 Å². The minimum Gasteiger partial charge on any atom is -0.493 e. The molecule has 22 heavy (non-hydrogen) atoms. The number of hydrogen-bond acceptors (Lipinski definition) is 5.